The van der Waals surface area contributed by atoms with Crippen molar-refractivity contribution < 1.29 is 24.2 Å². The van der Waals surface area contributed by atoms with E-state index in [9.17, 15) is 14.7 Å². The molecule has 3 atom stereocenters. The fourth-order valence-corrected chi connectivity index (χ4v) is 6.94. The number of fused-ring (bicyclic) bond motifs is 1. The Balaban J connectivity index is 2.41. The molecular formula is C41H61NO5. The summed E-state index contributed by atoms with van der Waals surface area (Å²) in [5, 5.41) is 14.1. The fraction of sp³-hybridized carbons (Fsp3) is 0.610. The van der Waals surface area contributed by atoms with Crippen LogP contribution < -0.4 is 10.1 Å². The van der Waals surface area contributed by atoms with Crippen LogP contribution in [-0.4, -0.2) is 41.3 Å². The van der Waals surface area contributed by atoms with Gasteiger partial charge in [0, 0.05) is 17.2 Å². The molecule has 0 spiro atoms. The average Bonchev–Trinajstić information content (AvgIpc) is 3.15. The van der Waals surface area contributed by atoms with E-state index < -0.39 is 17.7 Å². The molecule has 1 aliphatic heterocycles. The van der Waals surface area contributed by atoms with Crippen molar-refractivity contribution in [2.45, 2.75) is 144 Å². The Kier molecular flexibility index (Phi) is 13.7. The molecule has 1 aliphatic carbocycles. The fourth-order valence-electron chi connectivity index (χ4n) is 6.94. The third kappa shape index (κ3) is 9.72. The summed E-state index contributed by atoms with van der Waals surface area (Å²) in [6, 6.07) is 4.16. The van der Waals surface area contributed by atoms with E-state index in [0.29, 0.717) is 47.2 Å². The number of aliphatic carboxylic acids is 1. The lowest BCUT2D eigenvalue weighted by Gasteiger charge is -2.32. The van der Waals surface area contributed by atoms with Gasteiger partial charge in [-0.3, -0.25) is 4.79 Å². The number of unbranched alkanes of at least 4 members (excludes halogenated alkanes) is 1. The van der Waals surface area contributed by atoms with Crippen molar-refractivity contribution in [2.24, 2.45) is 11.8 Å². The zero-order chi connectivity index (χ0) is 35.1. The number of amides is 1. The summed E-state index contributed by atoms with van der Waals surface area (Å²) in [4.78, 5) is 27.1. The first kappa shape index (κ1) is 38.3. The van der Waals surface area contributed by atoms with Crippen LogP contribution >= 0.6 is 0 Å². The molecule has 0 saturated heterocycles. The average molecular weight is 648 g/mol. The maximum absolute atomic E-state index is 13.9. The molecule has 1 aromatic carbocycles. The van der Waals surface area contributed by atoms with Crippen LogP contribution in [0.2, 0.25) is 0 Å². The molecule has 1 heterocycles. The number of carbonyl (C=O) groups is 2. The van der Waals surface area contributed by atoms with E-state index in [0.717, 1.165) is 73.0 Å². The van der Waals surface area contributed by atoms with Crippen molar-refractivity contribution in [1.29, 1.82) is 0 Å². The van der Waals surface area contributed by atoms with E-state index in [-0.39, 0.29) is 17.9 Å². The van der Waals surface area contributed by atoms with Crippen molar-refractivity contribution in [3.05, 3.63) is 63.8 Å². The monoisotopic (exact) mass is 647 g/mol. The summed E-state index contributed by atoms with van der Waals surface area (Å²) >= 11 is 0. The molecule has 47 heavy (non-hydrogen) atoms. The number of carboxylic acids is 1. The molecule has 1 amide bonds. The third-order valence-electron chi connectivity index (χ3n) is 10.0. The molecule has 1 fully saturated rings. The first-order valence-corrected chi connectivity index (χ1v) is 17.9. The van der Waals surface area contributed by atoms with Gasteiger partial charge >= 0.3 is 5.97 Å². The number of rotatable bonds is 12. The standard InChI is InChI=1S/C41H61NO5/c1-12-14-16-27(5)35(38(40(44)45)47-41(9,10)11)37(29(7)30(8)39(43)42-31-19-17-25(3)18-20-31)33-21-22-34-36(32(33)15-13-2)28(6)26(4)23-24-46-34/h13,15,21-22,25-26,28,31,38H,8,12,14,16-20,23-24H2,1-7,9-11H3,(H,42,43)(H,44,45). The molecule has 1 aromatic rings. The lowest BCUT2D eigenvalue weighted by atomic mass is 9.78. The number of carbonyl (C=O) groups excluding carboxylic acids is 1. The van der Waals surface area contributed by atoms with Crippen LogP contribution in [0.3, 0.4) is 0 Å². The van der Waals surface area contributed by atoms with Crippen molar-refractivity contribution in [3.63, 3.8) is 0 Å². The van der Waals surface area contributed by atoms with Crippen molar-refractivity contribution in [1.82, 2.24) is 5.32 Å². The minimum atomic E-state index is -1.25. The lowest BCUT2D eigenvalue weighted by molar-refractivity contribution is -0.155. The molecule has 260 valence electrons. The number of allylic oxidation sites excluding steroid dienone is 2. The smallest absolute Gasteiger partial charge is 0.337 e. The molecule has 0 radical (unpaired) electrons. The van der Waals surface area contributed by atoms with Gasteiger partial charge in [0.25, 0.3) is 5.91 Å². The Labute approximate surface area is 284 Å². The van der Waals surface area contributed by atoms with Crippen LogP contribution in [0.15, 0.2) is 47.1 Å². The highest BCUT2D eigenvalue weighted by atomic mass is 16.5. The molecule has 1 saturated carbocycles. The van der Waals surface area contributed by atoms with Gasteiger partial charge in [-0.2, -0.15) is 0 Å². The van der Waals surface area contributed by atoms with Gasteiger partial charge in [-0.25, -0.2) is 4.79 Å². The zero-order valence-electron chi connectivity index (χ0n) is 30.8. The second-order valence-electron chi connectivity index (χ2n) is 15.0. The minimum absolute atomic E-state index is 0.106. The second-order valence-corrected chi connectivity index (χ2v) is 15.0. The van der Waals surface area contributed by atoms with Crippen LogP contribution in [0.5, 0.6) is 5.75 Å². The molecule has 0 aromatic heterocycles. The SMILES string of the molecule is C=C(C(=O)NC1CCC(C)CC1)C(C)=C(C(=C(C)CCCC)C(OC(C)(C)C)C(=O)O)c1ccc2c(c1C=CC)C(C)C(C)CCO2. The zero-order valence-corrected chi connectivity index (χ0v) is 30.8. The van der Waals surface area contributed by atoms with Gasteiger partial charge in [-0.1, -0.05) is 64.5 Å². The number of carboxylic acid groups (broad SMARTS) is 1. The summed E-state index contributed by atoms with van der Waals surface area (Å²) in [7, 11) is 0. The van der Waals surface area contributed by atoms with Crippen LogP contribution in [-0.2, 0) is 14.3 Å². The molecule has 2 N–H and O–H groups in total. The predicted octanol–water partition coefficient (Wildman–Crippen LogP) is 10.0. The summed E-state index contributed by atoms with van der Waals surface area (Å²) in [5.41, 5.74) is 5.45. The Morgan fingerprint density at radius 3 is 2.34 bits per heavy atom. The Morgan fingerprint density at radius 1 is 1.11 bits per heavy atom. The molecule has 2 aliphatic rings. The molecule has 3 rings (SSSR count). The van der Waals surface area contributed by atoms with Crippen LogP contribution in [0.1, 0.15) is 143 Å². The summed E-state index contributed by atoms with van der Waals surface area (Å²) in [5.74, 6) is 0.848. The normalized spacial score (nSPS) is 23.5. The van der Waals surface area contributed by atoms with Gasteiger partial charge in [0.05, 0.1) is 12.2 Å². The number of ether oxygens (including phenoxy) is 2. The number of nitrogens with one attached hydrogen (secondary N) is 1. The molecule has 6 nitrogen and oxygen atoms in total. The van der Waals surface area contributed by atoms with Gasteiger partial charge in [0.15, 0.2) is 6.10 Å². The highest BCUT2D eigenvalue weighted by Gasteiger charge is 2.36. The maximum atomic E-state index is 13.9. The first-order valence-electron chi connectivity index (χ1n) is 17.9. The Morgan fingerprint density at radius 2 is 1.77 bits per heavy atom. The Bertz CT molecular complexity index is 1380. The van der Waals surface area contributed by atoms with Gasteiger partial charge in [0.1, 0.15) is 5.75 Å². The minimum Gasteiger partial charge on any atom is -0.493 e. The van der Waals surface area contributed by atoms with Crippen LogP contribution in [0.4, 0.5) is 0 Å². The summed E-state index contributed by atoms with van der Waals surface area (Å²) in [6.45, 7) is 25.4. The summed E-state index contributed by atoms with van der Waals surface area (Å²) < 4.78 is 12.7. The van der Waals surface area contributed by atoms with Gasteiger partial charge in [-0.05, 0) is 138 Å². The maximum Gasteiger partial charge on any atom is 0.337 e. The lowest BCUT2D eigenvalue weighted by Crippen LogP contribution is -2.38. The number of hydrogen-bond acceptors (Lipinski definition) is 4. The molecule has 0 bridgehead atoms. The second kappa shape index (κ2) is 16.8. The topological polar surface area (TPSA) is 84.9 Å². The number of benzene rings is 1. The number of hydrogen-bond donors (Lipinski definition) is 2. The van der Waals surface area contributed by atoms with E-state index in [2.05, 4.69) is 45.7 Å². The first-order chi connectivity index (χ1) is 22.1. The highest BCUT2D eigenvalue weighted by Crippen LogP contribution is 2.46. The van der Waals surface area contributed by atoms with Gasteiger partial charge in [0.2, 0.25) is 0 Å². The van der Waals surface area contributed by atoms with Gasteiger partial charge in [-0.15, -0.1) is 0 Å². The third-order valence-corrected chi connectivity index (χ3v) is 10.0. The van der Waals surface area contributed by atoms with Gasteiger partial charge < -0.3 is 19.9 Å². The summed E-state index contributed by atoms with van der Waals surface area (Å²) in [6.07, 6.45) is 10.5. The van der Waals surface area contributed by atoms with Crippen molar-refractivity contribution in [2.75, 3.05) is 6.61 Å². The quantitative estimate of drug-likeness (QED) is 0.174. The van der Waals surface area contributed by atoms with E-state index in [1.54, 1.807) is 0 Å². The van der Waals surface area contributed by atoms with Crippen LogP contribution in [0, 0.1) is 11.8 Å². The predicted molar refractivity (Wildman–Crippen MR) is 195 cm³/mol. The highest BCUT2D eigenvalue weighted by molar-refractivity contribution is 6.03. The molecule has 3 unspecified atom stereocenters. The van der Waals surface area contributed by atoms with Crippen LogP contribution in [0.25, 0.3) is 11.6 Å². The van der Waals surface area contributed by atoms with Crippen molar-refractivity contribution in [3.8, 4) is 5.75 Å². The van der Waals surface area contributed by atoms with E-state index in [1.165, 1.54) is 0 Å². The van der Waals surface area contributed by atoms with Crippen molar-refractivity contribution >= 4 is 23.5 Å². The molecular weight excluding hydrogens is 586 g/mol. The molecule has 6 heteroatoms. The largest absolute Gasteiger partial charge is 0.493 e. The Hall–Kier alpha value is -3.12. The van der Waals surface area contributed by atoms with E-state index >= 15 is 0 Å². The van der Waals surface area contributed by atoms with E-state index in [4.69, 9.17) is 9.47 Å². The van der Waals surface area contributed by atoms with E-state index in [1.807, 2.05) is 59.8 Å².